The minimum absolute atomic E-state index is 0.140. The van der Waals surface area contributed by atoms with E-state index < -0.39 is 18.0 Å². The van der Waals surface area contributed by atoms with Gasteiger partial charge in [0.25, 0.3) is 12.0 Å². The topological polar surface area (TPSA) is 60.9 Å². The van der Waals surface area contributed by atoms with Crippen molar-refractivity contribution in [3.63, 3.8) is 0 Å². The fraction of sp³-hybridized carbons (Fsp3) is 0.222. The van der Waals surface area contributed by atoms with Crippen molar-refractivity contribution in [1.82, 2.24) is 9.55 Å². The van der Waals surface area contributed by atoms with Crippen molar-refractivity contribution in [2.24, 2.45) is 5.73 Å². The summed E-state index contributed by atoms with van der Waals surface area (Å²) in [5, 5.41) is 0.484. The van der Waals surface area contributed by atoms with Crippen molar-refractivity contribution in [1.29, 1.82) is 0 Å². The van der Waals surface area contributed by atoms with Crippen LogP contribution >= 0.6 is 11.6 Å². The molecule has 0 aliphatic carbocycles. The highest BCUT2D eigenvalue weighted by Gasteiger charge is 2.20. The Bertz CT molecular complexity index is 1020. The quantitative estimate of drug-likeness (QED) is 0.754. The van der Waals surface area contributed by atoms with E-state index in [9.17, 15) is 13.6 Å². The lowest BCUT2D eigenvalue weighted by Crippen LogP contribution is -2.28. The molecule has 7 heteroatoms. The van der Waals surface area contributed by atoms with Crippen molar-refractivity contribution in [2.75, 3.05) is 0 Å². The van der Waals surface area contributed by atoms with E-state index in [0.29, 0.717) is 16.8 Å². The molecule has 1 atom stereocenters. The summed E-state index contributed by atoms with van der Waals surface area (Å²) < 4.78 is 27.8. The monoisotopic (exact) mass is 363 g/mol. The van der Waals surface area contributed by atoms with Crippen LogP contribution in [0.4, 0.5) is 8.78 Å². The lowest BCUT2D eigenvalue weighted by Gasteiger charge is -2.19. The van der Waals surface area contributed by atoms with Crippen LogP contribution in [0, 0.1) is 6.92 Å². The first-order valence-corrected chi connectivity index (χ1v) is 8.05. The number of hydrogen-bond acceptors (Lipinski definition) is 3. The van der Waals surface area contributed by atoms with E-state index in [-0.39, 0.29) is 21.8 Å². The van der Waals surface area contributed by atoms with Gasteiger partial charge in [0, 0.05) is 5.56 Å². The summed E-state index contributed by atoms with van der Waals surface area (Å²) >= 11 is 6.17. The lowest BCUT2D eigenvalue weighted by molar-refractivity contribution is 0.150. The SMILES string of the molecule is Cc1c(C(F)F)cccc1-n1c([C@H](C)N)nc2cccc(Cl)c2c1=O. The van der Waals surface area contributed by atoms with Crippen molar-refractivity contribution in [3.8, 4) is 5.69 Å². The third-order valence-corrected chi connectivity index (χ3v) is 4.42. The third kappa shape index (κ3) is 2.92. The molecule has 0 unspecified atom stereocenters. The number of fused-ring (bicyclic) bond motifs is 1. The maximum atomic E-state index is 13.3. The van der Waals surface area contributed by atoms with Gasteiger partial charge >= 0.3 is 0 Å². The molecule has 2 N–H and O–H groups in total. The van der Waals surface area contributed by atoms with Gasteiger partial charge in [0.05, 0.1) is 27.7 Å². The largest absolute Gasteiger partial charge is 0.322 e. The molecule has 1 heterocycles. The molecule has 0 amide bonds. The Morgan fingerprint density at radius 3 is 2.52 bits per heavy atom. The zero-order chi connectivity index (χ0) is 18.3. The van der Waals surface area contributed by atoms with Crippen molar-refractivity contribution in [2.45, 2.75) is 26.3 Å². The molecule has 2 aromatic carbocycles. The fourth-order valence-electron chi connectivity index (χ4n) is 2.86. The molecule has 0 saturated carbocycles. The molecule has 130 valence electrons. The van der Waals surface area contributed by atoms with Crippen LogP contribution < -0.4 is 11.3 Å². The first-order valence-electron chi connectivity index (χ1n) is 7.67. The van der Waals surface area contributed by atoms with Crippen LogP contribution in [-0.4, -0.2) is 9.55 Å². The summed E-state index contributed by atoms with van der Waals surface area (Å²) in [5.74, 6) is 0.286. The van der Waals surface area contributed by atoms with Crippen LogP contribution in [-0.2, 0) is 0 Å². The van der Waals surface area contributed by atoms with Crippen LogP contribution in [0.3, 0.4) is 0 Å². The predicted molar refractivity (Wildman–Crippen MR) is 94.6 cm³/mol. The Morgan fingerprint density at radius 2 is 1.88 bits per heavy atom. The summed E-state index contributed by atoms with van der Waals surface area (Å²) in [6.07, 6.45) is -2.65. The Labute approximate surface area is 147 Å². The van der Waals surface area contributed by atoms with Gasteiger partial charge in [-0.25, -0.2) is 13.8 Å². The number of aromatic nitrogens is 2. The highest BCUT2D eigenvalue weighted by Crippen LogP contribution is 2.28. The van der Waals surface area contributed by atoms with E-state index in [1.165, 1.54) is 16.7 Å². The predicted octanol–water partition coefficient (Wildman–Crippen LogP) is 4.30. The van der Waals surface area contributed by atoms with Gasteiger partial charge < -0.3 is 5.73 Å². The fourth-order valence-corrected chi connectivity index (χ4v) is 3.11. The Balaban J connectivity index is 2.46. The van der Waals surface area contributed by atoms with Crippen LogP contribution in [0.2, 0.25) is 5.02 Å². The standard InChI is InChI=1S/C18H16ClF2N3O/c1-9-11(16(20)21)5-3-8-14(9)24-17(10(2)22)23-13-7-4-6-12(19)15(13)18(24)25/h3-8,10,16H,22H2,1-2H3/t10-/m0/s1. The molecule has 3 rings (SSSR count). The van der Waals surface area contributed by atoms with Gasteiger partial charge in [-0.3, -0.25) is 9.36 Å². The van der Waals surface area contributed by atoms with Gasteiger partial charge in [-0.05, 0) is 37.6 Å². The summed E-state index contributed by atoms with van der Waals surface area (Å²) in [4.78, 5) is 17.6. The number of nitrogens with two attached hydrogens (primary N) is 1. The van der Waals surface area contributed by atoms with E-state index in [0.717, 1.165) is 0 Å². The van der Waals surface area contributed by atoms with Crippen molar-refractivity contribution < 1.29 is 8.78 Å². The number of benzene rings is 2. The van der Waals surface area contributed by atoms with Crippen LogP contribution in [0.25, 0.3) is 16.6 Å². The second-order valence-corrected chi connectivity index (χ2v) is 6.23. The highest BCUT2D eigenvalue weighted by atomic mass is 35.5. The molecule has 0 spiro atoms. The summed E-state index contributed by atoms with van der Waals surface area (Å²) in [5.41, 5.74) is 6.47. The zero-order valence-corrected chi connectivity index (χ0v) is 14.4. The summed E-state index contributed by atoms with van der Waals surface area (Å²) in [6, 6.07) is 8.78. The second-order valence-electron chi connectivity index (χ2n) is 5.83. The molecule has 0 aliphatic heterocycles. The van der Waals surface area contributed by atoms with Gasteiger partial charge in [0.2, 0.25) is 0 Å². The molecular weight excluding hydrogens is 348 g/mol. The number of alkyl halides is 2. The average molecular weight is 364 g/mol. The highest BCUT2D eigenvalue weighted by molar-refractivity contribution is 6.35. The summed E-state index contributed by atoms with van der Waals surface area (Å²) in [6.45, 7) is 3.23. The minimum atomic E-state index is -2.65. The Morgan fingerprint density at radius 1 is 1.20 bits per heavy atom. The first-order chi connectivity index (χ1) is 11.8. The smallest absolute Gasteiger partial charge is 0.267 e. The number of hydrogen-bond donors (Lipinski definition) is 1. The van der Waals surface area contributed by atoms with E-state index >= 15 is 0 Å². The molecule has 25 heavy (non-hydrogen) atoms. The maximum absolute atomic E-state index is 13.3. The molecule has 0 fully saturated rings. The molecule has 3 aromatic rings. The minimum Gasteiger partial charge on any atom is -0.322 e. The van der Waals surface area contributed by atoms with Gasteiger partial charge in [0.1, 0.15) is 5.82 Å². The van der Waals surface area contributed by atoms with E-state index in [2.05, 4.69) is 4.98 Å². The molecule has 1 aromatic heterocycles. The van der Waals surface area contributed by atoms with E-state index in [1.54, 1.807) is 38.1 Å². The van der Waals surface area contributed by atoms with Crippen LogP contribution in [0.15, 0.2) is 41.2 Å². The van der Waals surface area contributed by atoms with Crippen LogP contribution in [0.1, 0.15) is 36.3 Å². The molecule has 0 aliphatic rings. The Kier molecular flexibility index (Phi) is 4.58. The molecule has 0 bridgehead atoms. The molecule has 4 nitrogen and oxygen atoms in total. The normalized spacial score (nSPS) is 12.8. The maximum Gasteiger partial charge on any atom is 0.267 e. The number of rotatable bonds is 3. The first kappa shape index (κ1) is 17.5. The Hall–Kier alpha value is -2.31. The number of nitrogens with zero attached hydrogens (tertiary/aromatic N) is 2. The average Bonchev–Trinajstić information content (AvgIpc) is 2.55. The van der Waals surface area contributed by atoms with E-state index in [4.69, 9.17) is 17.3 Å². The van der Waals surface area contributed by atoms with Gasteiger partial charge in [-0.15, -0.1) is 0 Å². The van der Waals surface area contributed by atoms with Crippen LogP contribution in [0.5, 0.6) is 0 Å². The van der Waals surface area contributed by atoms with Gasteiger partial charge in [-0.2, -0.15) is 0 Å². The zero-order valence-electron chi connectivity index (χ0n) is 13.6. The number of halogens is 3. The second kappa shape index (κ2) is 6.54. The van der Waals surface area contributed by atoms with Crippen molar-refractivity contribution >= 4 is 22.5 Å². The molecule has 0 radical (unpaired) electrons. The molecular formula is C18H16ClF2N3O. The van der Waals surface area contributed by atoms with Gasteiger partial charge in [0.15, 0.2) is 0 Å². The van der Waals surface area contributed by atoms with E-state index in [1.807, 2.05) is 0 Å². The van der Waals surface area contributed by atoms with Gasteiger partial charge in [-0.1, -0.05) is 29.8 Å². The molecule has 0 saturated heterocycles. The summed E-state index contributed by atoms with van der Waals surface area (Å²) in [7, 11) is 0. The lowest BCUT2D eigenvalue weighted by atomic mass is 10.1. The third-order valence-electron chi connectivity index (χ3n) is 4.10. The van der Waals surface area contributed by atoms with Crippen molar-refractivity contribution in [3.05, 3.63) is 68.7 Å².